The molecule has 3 N–H and O–H groups in total. The van der Waals surface area contributed by atoms with Gasteiger partial charge in [0.1, 0.15) is 5.02 Å². The van der Waals surface area contributed by atoms with Crippen molar-refractivity contribution in [1.29, 1.82) is 0 Å². The van der Waals surface area contributed by atoms with Crippen molar-refractivity contribution in [1.82, 2.24) is 14.8 Å². The van der Waals surface area contributed by atoms with Gasteiger partial charge in [-0.1, -0.05) is 29.8 Å². The maximum Gasteiger partial charge on any atom is 0.287 e. The first-order chi connectivity index (χ1) is 11.1. The molecule has 2 heterocycles. The van der Waals surface area contributed by atoms with Crippen LogP contribution in [0.5, 0.6) is 0 Å². The maximum atomic E-state index is 11.8. The summed E-state index contributed by atoms with van der Waals surface area (Å²) < 4.78 is 1.17. The minimum atomic E-state index is -0.375. The normalized spacial score (nSPS) is 12.5. The van der Waals surface area contributed by atoms with E-state index in [9.17, 15) is 9.90 Å². The molecule has 0 amide bonds. The summed E-state index contributed by atoms with van der Waals surface area (Å²) in [5.74, 6) is 0. The van der Waals surface area contributed by atoms with Crippen LogP contribution in [0.25, 0.3) is 10.9 Å². The van der Waals surface area contributed by atoms with Crippen LogP contribution in [-0.4, -0.2) is 32.5 Å². The lowest BCUT2D eigenvalue weighted by Crippen LogP contribution is -2.29. The number of aryl methyl sites for hydroxylation is 1. The van der Waals surface area contributed by atoms with Gasteiger partial charge in [-0.3, -0.25) is 4.79 Å². The molecule has 7 heteroatoms. The number of benzene rings is 1. The van der Waals surface area contributed by atoms with Gasteiger partial charge in [0, 0.05) is 24.1 Å². The fraction of sp³-hybridized carbons (Fsp3) is 0.250. The molecule has 0 unspecified atom stereocenters. The van der Waals surface area contributed by atoms with Gasteiger partial charge in [-0.2, -0.15) is 5.10 Å². The Kier molecular flexibility index (Phi) is 4.36. The second-order valence-electron chi connectivity index (χ2n) is 5.39. The second kappa shape index (κ2) is 6.44. The van der Waals surface area contributed by atoms with Crippen LogP contribution in [0, 0.1) is 0 Å². The van der Waals surface area contributed by atoms with E-state index in [-0.39, 0.29) is 23.2 Å². The Labute approximate surface area is 137 Å². The fourth-order valence-corrected chi connectivity index (χ4v) is 2.78. The number of para-hydroxylation sites is 1. The summed E-state index contributed by atoms with van der Waals surface area (Å²) in [4.78, 5) is 15.0. The molecule has 0 radical (unpaired) electrons. The lowest BCUT2D eigenvalue weighted by atomic mass is 10.1. The van der Waals surface area contributed by atoms with E-state index in [1.54, 1.807) is 0 Å². The monoisotopic (exact) mass is 332 g/mol. The first-order valence-corrected chi connectivity index (χ1v) is 7.62. The van der Waals surface area contributed by atoms with E-state index in [2.05, 4.69) is 15.4 Å². The van der Waals surface area contributed by atoms with Gasteiger partial charge in [-0.25, -0.2) is 4.68 Å². The van der Waals surface area contributed by atoms with Crippen LogP contribution in [0.2, 0.25) is 5.02 Å². The van der Waals surface area contributed by atoms with Gasteiger partial charge >= 0.3 is 0 Å². The van der Waals surface area contributed by atoms with E-state index in [1.807, 2.05) is 30.5 Å². The van der Waals surface area contributed by atoms with Crippen LogP contribution in [0.4, 0.5) is 5.69 Å². The largest absolute Gasteiger partial charge is 0.394 e. The Bertz CT molecular complexity index is 887. The third kappa shape index (κ3) is 3.09. The van der Waals surface area contributed by atoms with E-state index >= 15 is 0 Å². The Hall–Kier alpha value is -2.31. The highest BCUT2D eigenvalue weighted by Gasteiger charge is 2.15. The number of aromatic amines is 1. The van der Waals surface area contributed by atoms with Gasteiger partial charge in [-0.05, 0) is 18.1 Å². The SMILES string of the molecule is Cn1ncc(N[C@@H](CO)Cc2c[nH]c3ccccc23)c(Cl)c1=O. The Morgan fingerprint density at radius 2 is 2.22 bits per heavy atom. The number of anilines is 1. The lowest BCUT2D eigenvalue weighted by molar-refractivity contribution is 0.274. The van der Waals surface area contributed by atoms with Crippen LogP contribution < -0.4 is 10.9 Å². The van der Waals surface area contributed by atoms with Crippen molar-refractivity contribution in [3.05, 3.63) is 57.6 Å². The van der Waals surface area contributed by atoms with Gasteiger partial charge < -0.3 is 15.4 Å². The Balaban J connectivity index is 1.84. The molecule has 1 aromatic carbocycles. The first kappa shape index (κ1) is 15.6. The molecule has 23 heavy (non-hydrogen) atoms. The molecule has 0 aliphatic rings. The van der Waals surface area contributed by atoms with Gasteiger partial charge in [0.25, 0.3) is 5.56 Å². The van der Waals surface area contributed by atoms with Crippen molar-refractivity contribution in [2.45, 2.75) is 12.5 Å². The predicted molar refractivity (Wildman–Crippen MR) is 91.0 cm³/mol. The molecular formula is C16H17ClN4O2. The summed E-state index contributed by atoms with van der Waals surface area (Å²) in [5, 5.41) is 17.9. The minimum Gasteiger partial charge on any atom is -0.394 e. The highest BCUT2D eigenvalue weighted by Crippen LogP contribution is 2.21. The van der Waals surface area contributed by atoms with Crippen LogP contribution >= 0.6 is 11.6 Å². The number of aliphatic hydroxyl groups is 1. The number of halogens is 1. The van der Waals surface area contributed by atoms with Gasteiger partial charge in [0.05, 0.1) is 24.5 Å². The summed E-state index contributed by atoms with van der Waals surface area (Å²) in [6.07, 6.45) is 4.01. The van der Waals surface area contributed by atoms with Crippen molar-refractivity contribution in [3.63, 3.8) is 0 Å². The molecule has 0 spiro atoms. The first-order valence-electron chi connectivity index (χ1n) is 7.24. The van der Waals surface area contributed by atoms with Crippen LogP contribution in [0.15, 0.2) is 41.5 Å². The predicted octanol–water partition coefficient (Wildman–Crippen LogP) is 1.93. The standard InChI is InChI=1S/C16H17ClN4O2/c1-21-16(23)15(17)14(8-19-21)20-11(9-22)6-10-7-18-13-5-3-2-4-12(10)13/h2-5,7-8,11,18,20,22H,6,9H2,1H3/t11-/m1/s1. The Morgan fingerprint density at radius 3 is 3.00 bits per heavy atom. The molecule has 0 aliphatic carbocycles. The molecule has 0 aliphatic heterocycles. The maximum absolute atomic E-state index is 11.8. The second-order valence-corrected chi connectivity index (χ2v) is 5.77. The summed E-state index contributed by atoms with van der Waals surface area (Å²) in [7, 11) is 1.54. The van der Waals surface area contributed by atoms with Gasteiger partial charge in [0.2, 0.25) is 0 Å². The molecule has 120 valence electrons. The number of hydrogen-bond donors (Lipinski definition) is 3. The fourth-order valence-electron chi connectivity index (χ4n) is 2.56. The van der Waals surface area contributed by atoms with Crippen LogP contribution in [0.3, 0.4) is 0 Å². The minimum absolute atomic E-state index is 0.0693. The number of nitrogens with one attached hydrogen (secondary N) is 2. The number of fused-ring (bicyclic) bond motifs is 1. The Morgan fingerprint density at radius 1 is 1.43 bits per heavy atom. The zero-order chi connectivity index (χ0) is 16.4. The molecule has 0 saturated heterocycles. The summed E-state index contributed by atoms with van der Waals surface area (Å²) in [5.41, 5.74) is 2.18. The zero-order valence-corrected chi connectivity index (χ0v) is 13.3. The van der Waals surface area contributed by atoms with E-state index in [0.717, 1.165) is 16.5 Å². The molecule has 2 aromatic heterocycles. The van der Waals surface area contributed by atoms with E-state index < -0.39 is 0 Å². The summed E-state index contributed by atoms with van der Waals surface area (Å²) in [6, 6.07) is 7.70. The van der Waals surface area contributed by atoms with Crippen LogP contribution in [-0.2, 0) is 13.5 Å². The third-order valence-corrected chi connectivity index (χ3v) is 4.16. The third-order valence-electron chi connectivity index (χ3n) is 3.80. The van der Waals surface area contributed by atoms with E-state index in [4.69, 9.17) is 11.6 Å². The molecular weight excluding hydrogens is 316 g/mol. The number of aliphatic hydroxyl groups excluding tert-OH is 1. The average Bonchev–Trinajstić information content (AvgIpc) is 2.97. The molecule has 3 aromatic rings. The molecule has 3 rings (SSSR count). The van der Waals surface area contributed by atoms with E-state index in [0.29, 0.717) is 12.1 Å². The highest BCUT2D eigenvalue weighted by atomic mass is 35.5. The number of hydrogen-bond acceptors (Lipinski definition) is 4. The summed E-state index contributed by atoms with van der Waals surface area (Å²) in [6.45, 7) is -0.0922. The van der Waals surface area contributed by atoms with Crippen LogP contribution in [0.1, 0.15) is 5.56 Å². The lowest BCUT2D eigenvalue weighted by Gasteiger charge is -2.18. The highest BCUT2D eigenvalue weighted by molar-refractivity contribution is 6.32. The number of H-pyrrole nitrogens is 1. The topological polar surface area (TPSA) is 82.9 Å². The summed E-state index contributed by atoms with van der Waals surface area (Å²) >= 11 is 6.05. The van der Waals surface area contributed by atoms with E-state index in [1.165, 1.54) is 17.9 Å². The quantitative estimate of drug-likeness (QED) is 0.666. The number of nitrogens with zero attached hydrogens (tertiary/aromatic N) is 2. The molecule has 0 bridgehead atoms. The number of rotatable bonds is 5. The van der Waals surface area contributed by atoms with Crippen molar-refractivity contribution >= 4 is 28.2 Å². The molecule has 6 nitrogen and oxygen atoms in total. The molecule has 0 fully saturated rings. The average molecular weight is 333 g/mol. The van der Waals surface area contributed by atoms with Gasteiger partial charge in [0.15, 0.2) is 0 Å². The molecule has 0 saturated carbocycles. The number of aromatic nitrogens is 3. The van der Waals surface area contributed by atoms with Crippen molar-refractivity contribution in [2.75, 3.05) is 11.9 Å². The van der Waals surface area contributed by atoms with Crippen molar-refractivity contribution in [2.24, 2.45) is 7.05 Å². The van der Waals surface area contributed by atoms with Crippen molar-refractivity contribution in [3.8, 4) is 0 Å². The van der Waals surface area contributed by atoms with Gasteiger partial charge in [-0.15, -0.1) is 0 Å². The van der Waals surface area contributed by atoms with Crippen molar-refractivity contribution < 1.29 is 5.11 Å². The zero-order valence-electron chi connectivity index (χ0n) is 12.6. The molecule has 1 atom stereocenters. The smallest absolute Gasteiger partial charge is 0.287 e.